The molecular formula is C29H34O2. The first-order valence-electron chi connectivity index (χ1n) is 11.8. The van der Waals surface area contributed by atoms with Gasteiger partial charge in [-0.15, -0.1) is 0 Å². The van der Waals surface area contributed by atoms with Crippen molar-refractivity contribution in [1.82, 2.24) is 0 Å². The van der Waals surface area contributed by atoms with Crippen LogP contribution in [0.2, 0.25) is 0 Å². The molecule has 2 atom stereocenters. The smallest absolute Gasteiger partial charge is 0.335 e. The highest BCUT2D eigenvalue weighted by molar-refractivity contribution is 5.87. The highest BCUT2D eigenvalue weighted by atomic mass is 16.4. The number of carboxylic acids is 1. The molecule has 31 heavy (non-hydrogen) atoms. The average Bonchev–Trinajstić information content (AvgIpc) is 3.34. The molecule has 0 bridgehead atoms. The van der Waals surface area contributed by atoms with Gasteiger partial charge in [-0.05, 0) is 95.7 Å². The number of fused-ring (bicyclic) bond motifs is 2. The fraction of sp³-hybridized carbons (Fsp3) is 0.483. The Hall–Kier alpha value is -2.35. The molecule has 0 spiro atoms. The van der Waals surface area contributed by atoms with Crippen molar-refractivity contribution in [2.24, 2.45) is 5.92 Å². The molecule has 1 N–H and O–H groups in total. The minimum Gasteiger partial charge on any atom is -0.478 e. The molecule has 162 valence electrons. The molecule has 2 nitrogen and oxygen atoms in total. The number of carboxylic acid groups (broad SMARTS) is 1. The first-order valence-corrected chi connectivity index (χ1v) is 11.8. The maximum atomic E-state index is 11.2. The van der Waals surface area contributed by atoms with Crippen LogP contribution in [0.3, 0.4) is 0 Å². The normalized spacial score (nSPS) is 28.8. The van der Waals surface area contributed by atoms with Crippen LogP contribution in [0, 0.1) is 12.8 Å². The van der Waals surface area contributed by atoms with Crippen LogP contribution in [0.5, 0.6) is 0 Å². The summed E-state index contributed by atoms with van der Waals surface area (Å²) in [4.78, 5) is 11.2. The van der Waals surface area contributed by atoms with Crippen LogP contribution in [0.15, 0.2) is 42.0 Å². The summed E-state index contributed by atoms with van der Waals surface area (Å²) >= 11 is 0. The number of allylic oxidation sites excluding steroid dienone is 1. The Bertz CT molecular complexity index is 1100. The molecule has 2 aromatic carbocycles. The zero-order valence-electron chi connectivity index (χ0n) is 19.5. The summed E-state index contributed by atoms with van der Waals surface area (Å²) in [6, 6.07) is 12.4. The molecule has 3 aliphatic carbocycles. The van der Waals surface area contributed by atoms with E-state index in [1.807, 2.05) is 12.1 Å². The molecular weight excluding hydrogens is 380 g/mol. The molecule has 2 heteroatoms. The van der Waals surface area contributed by atoms with Crippen molar-refractivity contribution in [3.05, 3.63) is 75.4 Å². The van der Waals surface area contributed by atoms with E-state index in [4.69, 9.17) is 0 Å². The van der Waals surface area contributed by atoms with Gasteiger partial charge in [0.25, 0.3) is 0 Å². The number of hydrogen-bond acceptors (Lipinski definition) is 1. The zero-order chi connectivity index (χ0) is 22.2. The van der Waals surface area contributed by atoms with E-state index >= 15 is 0 Å². The Morgan fingerprint density at radius 2 is 1.58 bits per heavy atom. The molecule has 0 heterocycles. The van der Waals surface area contributed by atoms with Crippen LogP contribution in [0.1, 0.15) is 98.0 Å². The van der Waals surface area contributed by atoms with Crippen LogP contribution < -0.4 is 0 Å². The van der Waals surface area contributed by atoms with Gasteiger partial charge in [-0.3, -0.25) is 0 Å². The molecule has 2 unspecified atom stereocenters. The van der Waals surface area contributed by atoms with Crippen LogP contribution in [-0.4, -0.2) is 11.1 Å². The van der Waals surface area contributed by atoms with Crippen molar-refractivity contribution in [3.63, 3.8) is 0 Å². The lowest BCUT2D eigenvalue weighted by Crippen LogP contribution is -2.34. The topological polar surface area (TPSA) is 37.3 Å². The van der Waals surface area contributed by atoms with Crippen molar-refractivity contribution in [2.45, 2.75) is 83.0 Å². The van der Waals surface area contributed by atoms with E-state index in [1.54, 1.807) is 28.8 Å². The summed E-state index contributed by atoms with van der Waals surface area (Å²) in [7, 11) is 0. The van der Waals surface area contributed by atoms with Gasteiger partial charge in [0.05, 0.1) is 5.56 Å². The lowest BCUT2D eigenvalue weighted by molar-refractivity contribution is 0.0697. The molecule has 0 aliphatic heterocycles. The second kappa shape index (κ2) is 6.58. The SMILES string of the molecule is Cc1cc2c(cc1C13CC1CC/C3=C\c1ccc(C(=O)O)cc1)C(C)(C)CCC2(C)C. The molecule has 0 amide bonds. The molecule has 0 radical (unpaired) electrons. The van der Waals surface area contributed by atoms with E-state index in [2.05, 4.69) is 52.8 Å². The Morgan fingerprint density at radius 3 is 2.16 bits per heavy atom. The third-order valence-corrected chi connectivity index (χ3v) is 8.62. The van der Waals surface area contributed by atoms with Gasteiger partial charge in [-0.2, -0.15) is 0 Å². The van der Waals surface area contributed by atoms with Crippen LogP contribution in [0.25, 0.3) is 6.08 Å². The van der Waals surface area contributed by atoms with E-state index in [9.17, 15) is 9.90 Å². The van der Waals surface area contributed by atoms with Gasteiger partial charge < -0.3 is 5.11 Å². The number of aryl methyl sites for hydroxylation is 1. The summed E-state index contributed by atoms with van der Waals surface area (Å²) in [5.74, 6) is -0.109. The van der Waals surface area contributed by atoms with E-state index in [-0.39, 0.29) is 16.2 Å². The molecule has 2 fully saturated rings. The molecule has 0 aromatic heterocycles. The predicted molar refractivity (Wildman–Crippen MR) is 127 cm³/mol. The van der Waals surface area contributed by atoms with Crippen molar-refractivity contribution in [3.8, 4) is 0 Å². The Balaban J connectivity index is 1.59. The van der Waals surface area contributed by atoms with Crippen LogP contribution in [-0.2, 0) is 16.2 Å². The fourth-order valence-electron chi connectivity index (χ4n) is 6.45. The Kier molecular flexibility index (Phi) is 4.36. The fourth-order valence-corrected chi connectivity index (χ4v) is 6.45. The van der Waals surface area contributed by atoms with Gasteiger partial charge in [0.2, 0.25) is 0 Å². The predicted octanol–water partition coefficient (Wildman–Crippen LogP) is 7.18. The van der Waals surface area contributed by atoms with E-state index in [0.29, 0.717) is 5.56 Å². The lowest BCUT2D eigenvalue weighted by Gasteiger charge is -2.43. The van der Waals surface area contributed by atoms with E-state index in [1.165, 1.54) is 36.8 Å². The number of benzene rings is 2. The molecule has 3 aliphatic rings. The van der Waals surface area contributed by atoms with E-state index in [0.717, 1.165) is 17.9 Å². The highest BCUT2D eigenvalue weighted by Crippen LogP contribution is 2.68. The number of hydrogen-bond donors (Lipinski definition) is 1. The maximum Gasteiger partial charge on any atom is 0.335 e. The zero-order valence-corrected chi connectivity index (χ0v) is 19.5. The van der Waals surface area contributed by atoms with Gasteiger partial charge >= 0.3 is 5.97 Å². The number of aromatic carboxylic acids is 1. The molecule has 0 saturated heterocycles. The number of rotatable bonds is 3. The maximum absolute atomic E-state index is 11.2. The van der Waals surface area contributed by atoms with Gasteiger partial charge in [-0.25, -0.2) is 4.79 Å². The van der Waals surface area contributed by atoms with Crippen molar-refractivity contribution < 1.29 is 9.90 Å². The molecule has 2 saturated carbocycles. The van der Waals surface area contributed by atoms with Crippen molar-refractivity contribution in [2.75, 3.05) is 0 Å². The lowest BCUT2D eigenvalue weighted by atomic mass is 9.62. The Labute approximate surface area is 186 Å². The first-order chi connectivity index (χ1) is 14.5. The van der Waals surface area contributed by atoms with Gasteiger partial charge in [0.1, 0.15) is 0 Å². The van der Waals surface area contributed by atoms with Crippen LogP contribution >= 0.6 is 0 Å². The second-order valence-electron chi connectivity index (χ2n) is 11.5. The minimum atomic E-state index is -0.867. The highest BCUT2D eigenvalue weighted by Gasteiger charge is 2.61. The largest absolute Gasteiger partial charge is 0.478 e. The van der Waals surface area contributed by atoms with Gasteiger partial charge in [-0.1, -0.05) is 63.6 Å². The first kappa shape index (κ1) is 20.5. The van der Waals surface area contributed by atoms with Gasteiger partial charge in [0, 0.05) is 5.41 Å². The average molecular weight is 415 g/mol. The molecule has 5 rings (SSSR count). The van der Waals surface area contributed by atoms with Crippen molar-refractivity contribution >= 4 is 12.0 Å². The summed E-state index contributed by atoms with van der Waals surface area (Å²) in [6.45, 7) is 11.9. The third kappa shape index (κ3) is 3.10. The summed E-state index contributed by atoms with van der Waals surface area (Å²) in [6.07, 6.45) is 8.50. The van der Waals surface area contributed by atoms with E-state index < -0.39 is 5.97 Å². The van der Waals surface area contributed by atoms with Crippen molar-refractivity contribution in [1.29, 1.82) is 0 Å². The summed E-state index contributed by atoms with van der Waals surface area (Å²) in [5, 5.41) is 9.19. The summed E-state index contributed by atoms with van der Waals surface area (Å²) < 4.78 is 0. The second-order valence-corrected chi connectivity index (χ2v) is 11.5. The quantitative estimate of drug-likeness (QED) is 0.578. The molecule has 2 aromatic rings. The van der Waals surface area contributed by atoms with Crippen LogP contribution in [0.4, 0.5) is 0 Å². The summed E-state index contributed by atoms with van der Waals surface area (Å²) in [5.41, 5.74) is 9.77. The monoisotopic (exact) mass is 414 g/mol. The number of carbonyl (C=O) groups is 1. The standard InChI is InChI=1S/C29H34O2/c1-18-14-24-25(28(4,5)13-12-27(24,2)3)16-23(18)29-17-22(29)11-10-21(29)15-19-6-8-20(9-7-19)26(30)31/h6-9,14-16,22H,10-13,17H2,1-5H3,(H,30,31)/b21-15+. The minimum absolute atomic E-state index is 0.197. The third-order valence-electron chi connectivity index (χ3n) is 8.62. The Morgan fingerprint density at radius 1 is 0.968 bits per heavy atom. The van der Waals surface area contributed by atoms with Gasteiger partial charge in [0.15, 0.2) is 0 Å².